The van der Waals surface area contributed by atoms with Gasteiger partial charge in [-0.2, -0.15) is 4.39 Å². The lowest BCUT2D eigenvalue weighted by Crippen LogP contribution is -2.21. The molecule has 78 valence electrons. The van der Waals surface area contributed by atoms with Crippen LogP contribution in [0.1, 0.15) is 0 Å². The normalized spacial score (nSPS) is 11.4. The molecule has 0 saturated carbocycles. The number of H-pyrrole nitrogens is 1. The van der Waals surface area contributed by atoms with Crippen LogP contribution >= 0.6 is 0 Å². The Bertz CT molecular complexity index is 397. The molecule has 0 spiro atoms. The molecule has 0 atom stereocenters. The van der Waals surface area contributed by atoms with Crippen molar-refractivity contribution in [2.75, 3.05) is 0 Å². The van der Waals surface area contributed by atoms with Crippen molar-refractivity contribution in [3.8, 4) is 11.6 Å². The first-order valence-corrected chi connectivity index (χ1v) is 3.17. The fourth-order valence-corrected chi connectivity index (χ4v) is 0.668. The first kappa shape index (κ1) is 10.4. The molecule has 0 fully saturated rings. The van der Waals surface area contributed by atoms with Crippen molar-refractivity contribution in [3.05, 3.63) is 22.2 Å². The van der Waals surface area contributed by atoms with Crippen LogP contribution in [0.2, 0.25) is 0 Å². The number of alkyl halides is 3. The van der Waals surface area contributed by atoms with Crippen LogP contribution < -0.4 is 10.2 Å². The van der Waals surface area contributed by atoms with Crippen molar-refractivity contribution in [1.82, 2.24) is 4.98 Å². The topological polar surface area (TPSA) is 62.3 Å². The monoisotopic (exact) mass is 213 g/mol. The lowest BCUT2D eigenvalue weighted by atomic mass is 10.4. The average Bonchev–Trinajstić information content (AvgIpc) is 2.04. The van der Waals surface area contributed by atoms with Gasteiger partial charge in [0, 0.05) is 0 Å². The minimum Gasteiger partial charge on any atom is -0.503 e. The Hall–Kier alpha value is -1.73. The number of hydrogen-bond acceptors (Lipinski definition) is 3. The Labute approximate surface area is 73.7 Å². The maximum absolute atomic E-state index is 12.7. The predicted molar refractivity (Wildman–Crippen MR) is 35.4 cm³/mol. The van der Waals surface area contributed by atoms with Crippen LogP contribution in [0.5, 0.6) is 11.6 Å². The first-order valence-electron chi connectivity index (χ1n) is 3.17. The number of halogens is 4. The summed E-state index contributed by atoms with van der Waals surface area (Å²) in [5.41, 5.74) is -1.57. The van der Waals surface area contributed by atoms with E-state index >= 15 is 0 Å². The van der Waals surface area contributed by atoms with E-state index in [1.54, 1.807) is 4.98 Å². The Balaban J connectivity index is 3.13. The van der Waals surface area contributed by atoms with Crippen LogP contribution in [-0.2, 0) is 0 Å². The summed E-state index contributed by atoms with van der Waals surface area (Å²) in [5, 5.41) is 8.60. The molecule has 0 saturated heterocycles. The summed E-state index contributed by atoms with van der Waals surface area (Å²) >= 11 is 0. The van der Waals surface area contributed by atoms with Crippen molar-refractivity contribution in [2.45, 2.75) is 6.36 Å². The highest BCUT2D eigenvalue weighted by molar-refractivity contribution is 5.23. The molecule has 8 heteroatoms. The fourth-order valence-electron chi connectivity index (χ4n) is 0.668. The molecule has 2 N–H and O–H groups in total. The van der Waals surface area contributed by atoms with Crippen LogP contribution in [0.25, 0.3) is 0 Å². The zero-order valence-corrected chi connectivity index (χ0v) is 6.35. The minimum atomic E-state index is -5.11. The first-order chi connectivity index (χ1) is 6.31. The molecule has 0 amide bonds. The third-order valence-electron chi connectivity index (χ3n) is 1.19. The summed E-state index contributed by atoms with van der Waals surface area (Å²) in [6.45, 7) is 0. The summed E-state index contributed by atoms with van der Waals surface area (Å²) < 4.78 is 50.5. The Kier molecular flexibility index (Phi) is 2.37. The van der Waals surface area contributed by atoms with Gasteiger partial charge < -0.3 is 14.8 Å². The maximum atomic E-state index is 12.7. The quantitative estimate of drug-likeness (QED) is 0.687. The van der Waals surface area contributed by atoms with Crippen LogP contribution in [0.4, 0.5) is 17.6 Å². The summed E-state index contributed by atoms with van der Waals surface area (Å²) in [7, 11) is 0. The van der Waals surface area contributed by atoms with E-state index < -0.39 is 29.2 Å². The van der Waals surface area contributed by atoms with E-state index in [-0.39, 0.29) is 0 Å². The summed E-state index contributed by atoms with van der Waals surface area (Å²) in [6.07, 6.45) is -4.62. The zero-order valence-electron chi connectivity index (χ0n) is 6.35. The van der Waals surface area contributed by atoms with E-state index in [1.807, 2.05) is 0 Å². The average molecular weight is 213 g/mol. The Morgan fingerprint density at radius 2 is 2.00 bits per heavy atom. The molecule has 1 aromatic heterocycles. The second-order valence-electron chi connectivity index (χ2n) is 2.19. The van der Waals surface area contributed by atoms with Gasteiger partial charge in [-0.3, -0.25) is 4.79 Å². The molecule has 1 rings (SSSR count). The number of aromatic hydroxyl groups is 1. The third kappa shape index (κ3) is 2.15. The van der Waals surface area contributed by atoms with Crippen LogP contribution in [-0.4, -0.2) is 16.5 Å². The van der Waals surface area contributed by atoms with Crippen molar-refractivity contribution in [1.29, 1.82) is 0 Å². The standard InChI is InChI=1S/C6H3F4NO3/c7-3-4(13)2(12)1-11-5(3)14-6(8,9)10/h1,12H,(H,11,13). The van der Waals surface area contributed by atoms with Gasteiger partial charge in [0.25, 0.3) is 5.43 Å². The molecule has 0 aromatic carbocycles. The van der Waals surface area contributed by atoms with E-state index in [2.05, 4.69) is 4.74 Å². The van der Waals surface area contributed by atoms with E-state index in [9.17, 15) is 22.4 Å². The second kappa shape index (κ2) is 3.20. The van der Waals surface area contributed by atoms with Gasteiger partial charge in [-0.15, -0.1) is 13.2 Å². The highest BCUT2D eigenvalue weighted by Crippen LogP contribution is 2.22. The van der Waals surface area contributed by atoms with Gasteiger partial charge >= 0.3 is 6.36 Å². The number of pyridine rings is 1. The molecule has 0 bridgehead atoms. The lowest BCUT2D eigenvalue weighted by Gasteiger charge is -2.08. The molecule has 4 nitrogen and oxygen atoms in total. The number of aromatic nitrogens is 1. The minimum absolute atomic E-state index is 0.493. The number of nitrogens with one attached hydrogen (secondary N) is 1. The van der Waals surface area contributed by atoms with E-state index in [0.29, 0.717) is 6.20 Å². The fraction of sp³-hybridized carbons (Fsp3) is 0.167. The van der Waals surface area contributed by atoms with Gasteiger partial charge in [0.1, 0.15) is 0 Å². The van der Waals surface area contributed by atoms with Crippen molar-refractivity contribution in [2.24, 2.45) is 0 Å². The van der Waals surface area contributed by atoms with Gasteiger partial charge in [-0.1, -0.05) is 0 Å². The van der Waals surface area contributed by atoms with Gasteiger partial charge in [-0.25, -0.2) is 0 Å². The van der Waals surface area contributed by atoms with E-state index in [0.717, 1.165) is 0 Å². The number of ether oxygens (including phenoxy) is 1. The second-order valence-corrected chi connectivity index (χ2v) is 2.19. The molecule has 0 radical (unpaired) electrons. The molecule has 14 heavy (non-hydrogen) atoms. The molecule has 0 aliphatic rings. The zero-order chi connectivity index (χ0) is 10.9. The number of aromatic amines is 1. The van der Waals surface area contributed by atoms with E-state index in [4.69, 9.17) is 5.11 Å². The van der Waals surface area contributed by atoms with Crippen molar-refractivity contribution >= 4 is 0 Å². The van der Waals surface area contributed by atoms with E-state index in [1.165, 1.54) is 0 Å². The molecule has 1 aromatic rings. The summed E-state index contributed by atoms with van der Waals surface area (Å²) in [4.78, 5) is 12.2. The summed E-state index contributed by atoms with van der Waals surface area (Å²) in [6, 6.07) is 0. The van der Waals surface area contributed by atoms with Gasteiger partial charge in [0.05, 0.1) is 6.20 Å². The molecule has 0 unspecified atom stereocenters. The van der Waals surface area contributed by atoms with Gasteiger partial charge in [0.2, 0.25) is 11.7 Å². The Morgan fingerprint density at radius 3 is 2.50 bits per heavy atom. The smallest absolute Gasteiger partial charge is 0.503 e. The number of rotatable bonds is 1. The highest BCUT2D eigenvalue weighted by Gasteiger charge is 2.33. The van der Waals surface area contributed by atoms with Gasteiger partial charge in [-0.05, 0) is 0 Å². The van der Waals surface area contributed by atoms with Crippen molar-refractivity contribution < 1.29 is 27.4 Å². The highest BCUT2D eigenvalue weighted by atomic mass is 19.4. The SMILES string of the molecule is O=c1c(O)c[nH]c(OC(F)(F)F)c1F. The molecular formula is C6H3F4NO3. The van der Waals surface area contributed by atoms with Crippen molar-refractivity contribution in [3.63, 3.8) is 0 Å². The molecule has 0 aliphatic carbocycles. The molecule has 0 aliphatic heterocycles. The van der Waals surface area contributed by atoms with Crippen LogP contribution in [0, 0.1) is 5.82 Å². The predicted octanol–water partition coefficient (Wildman–Crippen LogP) is 1.12. The van der Waals surface area contributed by atoms with Crippen LogP contribution in [0.3, 0.4) is 0 Å². The molecular weight excluding hydrogens is 210 g/mol. The van der Waals surface area contributed by atoms with Gasteiger partial charge in [0.15, 0.2) is 5.75 Å². The number of hydrogen-bond donors (Lipinski definition) is 2. The molecule has 1 heterocycles. The lowest BCUT2D eigenvalue weighted by molar-refractivity contribution is -0.277. The largest absolute Gasteiger partial charge is 0.574 e. The Morgan fingerprint density at radius 1 is 1.43 bits per heavy atom. The summed E-state index contributed by atoms with van der Waals surface area (Å²) in [5.74, 6) is -4.25. The van der Waals surface area contributed by atoms with Crippen LogP contribution in [0.15, 0.2) is 11.0 Å². The maximum Gasteiger partial charge on any atom is 0.574 e. The third-order valence-corrected chi connectivity index (χ3v) is 1.19.